The molecular formula is C20H16Cl2N8O2. The molecule has 0 bridgehead atoms. The second kappa shape index (κ2) is 9.58. The van der Waals surface area contributed by atoms with E-state index >= 15 is 0 Å². The van der Waals surface area contributed by atoms with Crippen molar-refractivity contribution < 1.29 is 9.53 Å². The first kappa shape index (κ1) is 21.5. The molecule has 1 atom stereocenters. The van der Waals surface area contributed by atoms with Crippen molar-refractivity contribution in [2.24, 2.45) is 0 Å². The SMILES string of the molecule is CC(NC(=O)Nc1ccc(Oc2ncc(Cl)cc2Cl)cc1)c1ncnn1-c1ncccn1. The molecule has 0 aliphatic carbocycles. The summed E-state index contributed by atoms with van der Waals surface area (Å²) >= 11 is 11.9. The van der Waals surface area contributed by atoms with Crippen LogP contribution in [0, 0.1) is 0 Å². The summed E-state index contributed by atoms with van der Waals surface area (Å²) in [6.45, 7) is 1.78. The maximum Gasteiger partial charge on any atom is 0.319 e. The number of ether oxygens (including phenoxy) is 1. The first-order valence-electron chi connectivity index (χ1n) is 9.33. The highest BCUT2D eigenvalue weighted by molar-refractivity contribution is 6.35. The van der Waals surface area contributed by atoms with Crippen LogP contribution in [0.2, 0.25) is 10.0 Å². The number of hydrogen-bond acceptors (Lipinski definition) is 7. The van der Waals surface area contributed by atoms with Crippen LogP contribution in [0.5, 0.6) is 11.6 Å². The molecule has 0 radical (unpaired) electrons. The third kappa shape index (κ3) is 5.10. The van der Waals surface area contributed by atoms with E-state index in [1.165, 1.54) is 23.3 Å². The molecule has 0 spiro atoms. The molecule has 1 unspecified atom stereocenters. The van der Waals surface area contributed by atoms with Gasteiger partial charge in [-0.2, -0.15) is 9.78 Å². The van der Waals surface area contributed by atoms with Gasteiger partial charge >= 0.3 is 6.03 Å². The Hall–Kier alpha value is -3.76. The minimum atomic E-state index is -0.456. The number of aromatic nitrogens is 6. The average Bonchev–Trinajstić information content (AvgIpc) is 3.28. The average molecular weight is 471 g/mol. The number of benzene rings is 1. The largest absolute Gasteiger partial charge is 0.438 e. The minimum absolute atomic E-state index is 0.231. The number of nitrogens with one attached hydrogen (secondary N) is 2. The van der Waals surface area contributed by atoms with Gasteiger partial charge in [0, 0.05) is 24.3 Å². The first-order valence-corrected chi connectivity index (χ1v) is 10.1. The standard InChI is InChI=1S/C20H16Cl2N8O2/c1-12(17-26-11-27-30(17)19-23-7-2-8-24-19)28-20(31)29-14-3-5-15(6-4-14)32-18-16(22)9-13(21)10-25-18/h2-12H,1H3,(H2,28,29,31). The molecule has 12 heteroatoms. The van der Waals surface area contributed by atoms with Crippen molar-refractivity contribution in [1.29, 1.82) is 0 Å². The summed E-state index contributed by atoms with van der Waals surface area (Å²) < 4.78 is 7.10. The van der Waals surface area contributed by atoms with E-state index in [-0.39, 0.29) is 5.88 Å². The van der Waals surface area contributed by atoms with Gasteiger partial charge in [-0.25, -0.2) is 24.7 Å². The second-order valence-corrected chi connectivity index (χ2v) is 7.31. The van der Waals surface area contributed by atoms with Gasteiger partial charge in [0.05, 0.1) is 11.1 Å². The number of urea groups is 1. The van der Waals surface area contributed by atoms with E-state index in [0.29, 0.717) is 33.3 Å². The van der Waals surface area contributed by atoms with E-state index in [1.54, 1.807) is 49.6 Å². The number of carbonyl (C=O) groups is 1. The van der Waals surface area contributed by atoms with Gasteiger partial charge in [-0.15, -0.1) is 0 Å². The topological polar surface area (TPSA) is 120 Å². The summed E-state index contributed by atoms with van der Waals surface area (Å²) in [6.07, 6.45) is 6.02. The van der Waals surface area contributed by atoms with Gasteiger partial charge in [0.25, 0.3) is 5.95 Å². The molecule has 2 amide bonds. The second-order valence-electron chi connectivity index (χ2n) is 6.47. The molecule has 0 aliphatic rings. The molecule has 32 heavy (non-hydrogen) atoms. The van der Waals surface area contributed by atoms with Gasteiger partial charge in [-0.1, -0.05) is 23.2 Å². The van der Waals surface area contributed by atoms with Crippen LogP contribution in [0.25, 0.3) is 5.95 Å². The summed E-state index contributed by atoms with van der Waals surface area (Å²) in [5.41, 5.74) is 0.560. The number of amides is 2. The van der Waals surface area contributed by atoms with Crippen molar-refractivity contribution in [3.05, 3.63) is 77.2 Å². The van der Waals surface area contributed by atoms with Gasteiger partial charge in [0.15, 0.2) is 5.82 Å². The maximum absolute atomic E-state index is 12.4. The number of pyridine rings is 1. The molecule has 0 saturated heterocycles. The lowest BCUT2D eigenvalue weighted by Gasteiger charge is -2.15. The summed E-state index contributed by atoms with van der Waals surface area (Å²) in [5, 5.41) is 10.4. The van der Waals surface area contributed by atoms with Crippen LogP contribution in [0.1, 0.15) is 18.8 Å². The van der Waals surface area contributed by atoms with Gasteiger partial charge in [-0.05, 0) is 43.3 Å². The van der Waals surface area contributed by atoms with E-state index in [9.17, 15) is 4.79 Å². The van der Waals surface area contributed by atoms with Crippen LogP contribution >= 0.6 is 23.2 Å². The van der Waals surface area contributed by atoms with Crippen molar-refractivity contribution in [3.8, 4) is 17.6 Å². The number of halogens is 2. The van der Waals surface area contributed by atoms with Crippen molar-refractivity contribution in [3.63, 3.8) is 0 Å². The maximum atomic E-state index is 12.4. The number of hydrogen-bond donors (Lipinski definition) is 2. The number of rotatable bonds is 6. The van der Waals surface area contributed by atoms with Crippen LogP contribution in [-0.4, -0.2) is 35.7 Å². The van der Waals surface area contributed by atoms with E-state index in [0.717, 1.165) is 0 Å². The molecule has 10 nitrogen and oxygen atoms in total. The monoisotopic (exact) mass is 470 g/mol. The van der Waals surface area contributed by atoms with E-state index < -0.39 is 12.1 Å². The molecule has 0 fully saturated rings. The van der Waals surface area contributed by atoms with E-state index in [1.807, 2.05) is 0 Å². The molecule has 2 N–H and O–H groups in total. The Bertz CT molecular complexity index is 1220. The molecule has 0 aliphatic heterocycles. The lowest BCUT2D eigenvalue weighted by molar-refractivity contribution is 0.248. The summed E-state index contributed by atoms with van der Waals surface area (Å²) in [4.78, 5) is 29.0. The highest BCUT2D eigenvalue weighted by Crippen LogP contribution is 2.29. The minimum Gasteiger partial charge on any atom is -0.438 e. The molecule has 4 rings (SSSR count). The summed E-state index contributed by atoms with van der Waals surface area (Å²) in [5.74, 6) is 1.58. The van der Waals surface area contributed by atoms with Gasteiger partial charge < -0.3 is 15.4 Å². The Kier molecular flexibility index (Phi) is 6.43. The number of nitrogens with zero attached hydrogens (tertiary/aromatic N) is 6. The predicted molar refractivity (Wildman–Crippen MR) is 118 cm³/mol. The summed E-state index contributed by atoms with van der Waals surface area (Å²) in [6, 6.07) is 9.08. The van der Waals surface area contributed by atoms with Crippen LogP contribution in [-0.2, 0) is 0 Å². The molecule has 3 heterocycles. The Morgan fingerprint density at radius 2 is 1.84 bits per heavy atom. The van der Waals surface area contributed by atoms with Crippen molar-refractivity contribution in [2.75, 3.05) is 5.32 Å². The third-order valence-corrected chi connectivity index (χ3v) is 4.63. The zero-order valence-corrected chi connectivity index (χ0v) is 18.1. The van der Waals surface area contributed by atoms with Crippen LogP contribution < -0.4 is 15.4 Å². The van der Waals surface area contributed by atoms with Crippen molar-refractivity contribution >= 4 is 34.9 Å². The quantitative estimate of drug-likeness (QED) is 0.427. The fraction of sp³-hybridized carbons (Fsp3) is 0.100. The lowest BCUT2D eigenvalue weighted by Crippen LogP contribution is -2.32. The number of carbonyl (C=O) groups excluding carboxylic acids is 1. The summed E-state index contributed by atoms with van der Waals surface area (Å²) in [7, 11) is 0. The smallest absolute Gasteiger partial charge is 0.319 e. The molecule has 3 aromatic heterocycles. The fourth-order valence-electron chi connectivity index (χ4n) is 2.72. The van der Waals surface area contributed by atoms with E-state index in [4.69, 9.17) is 27.9 Å². The first-order chi connectivity index (χ1) is 15.5. The highest BCUT2D eigenvalue weighted by atomic mass is 35.5. The van der Waals surface area contributed by atoms with Gasteiger partial charge in [-0.3, -0.25) is 0 Å². The van der Waals surface area contributed by atoms with Gasteiger partial charge in [0.2, 0.25) is 5.88 Å². The fourth-order valence-corrected chi connectivity index (χ4v) is 3.14. The lowest BCUT2D eigenvalue weighted by atomic mass is 10.3. The normalized spacial score (nSPS) is 11.6. The highest BCUT2D eigenvalue weighted by Gasteiger charge is 2.18. The van der Waals surface area contributed by atoms with Crippen molar-refractivity contribution in [1.82, 2.24) is 35.0 Å². The molecule has 162 valence electrons. The third-order valence-electron chi connectivity index (χ3n) is 4.15. The zero-order valence-electron chi connectivity index (χ0n) is 16.6. The van der Waals surface area contributed by atoms with Crippen LogP contribution in [0.15, 0.2) is 61.3 Å². The van der Waals surface area contributed by atoms with Gasteiger partial charge in [0.1, 0.15) is 17.1 Å². The van der Waals surface area contributed by atoms with Crippen molar-refractivity contribution in [2.45, 2.75) is 13.0 Å². The van der Waals surface area contributed by atoms with Crippen LogP contribution in [0.4, 0.5) is 10.5 Å². The molecule has 0 saturated carbocycles. The van der Waals surface area contributed by atoms with E-state index in [2.05, 4.69) is 35.7 Å². The van der Waals surface area contributed by atoms with Crippen LogP contribution in [0.3, 0.4) is 0 Å². The Morgan fingerprint density at radius 1 is 1.09 bits per heavy atom. The predicted octanol–water partition coefficient (Wildman–Crippen LogP) is 4.43. The number of anilines is 1. The molecule has 4 aromatic rings. The molecular weight excluding hydrogens is 455 g/mol. The zero-order chi connectivity index (χ0) is 22.5. The Labute approximate surface area is 192 Å². The Balaban J connectivity index is 1.37. The molecule has 1 aromatic carbocycles. The Morgan fingerprint density at radius 3 is 2.56 bits per heavy atom.